The lowest BCUT2D eigenvalue weighted by Gasteiger charge is -2.20. The van der Waals surface area contributed by atoms with Crippen molar-refractivity contribution in [2.75, 3.05) is 11.9 Å². The second-order valence-corrected chi connectivity index (χ2v) is 6.31. The van der Waals surface area contributed by atoms with E-state index in [-0.39, 0.29) is 11.9 Å². The average Bonchev–Trinajstić information content (AvgIpc) is 2.69. The lowest BCUT2D eigenvalue weighted by molar-refractivity contribution is -0.121. The third kappa shape index (κ3) is 4.73. The molecule has 2 N–H and O–H groups in total. The second-order valence-electron chi connectivity index (χ2n) is 6.31. The van der Waals surface area contributed by atoms with E-state index in [4.69, 9.17) is 0 Å². The lowest BCUT2D eigenvalue weighted by atomic mass is 9.98. The Morgan fingerprint density at radius 2 is 1.35 bits per heavy atom. The standard InChI is InChI=1S/C23H24N2O/c1-18-10-8-9-15-21(18)24-17-16-22(26)25-23(19-11-4-2-5-12-19)20-13-6-3-7-14-20/h2-15,23-24H,16-17H2,1H3,(H,25,26). The number of amides is 1. The fourth-order valence-corrected chi connectivity index (χ4v) is 2.97. The van der Waals surface area contributed by atoms with E-state index >= 15 is 0 Å². The summed E-state index contributed by atoms with van der Waals surface area (Å²) in [5, 5.41) is 6.51. The van der Waals surface area contributed by atoms with Gasteiger partial charge in [0.1, 0.15) is 0 Å². The van der Waals surface area contributed by atoms with Crippen LogP contribution >= 0.6 is 0 Å². The minimum Gasteiger partial charge on any atom is -0.384 e. The van der Waals surface area contributed by atoms with Crippen molar-refractivity contribution in [1.29, 1.82) is 0 Å². The van der Waals surface area contributed by atoms with E-state index in [0.29, 0.717) is 13.0 Å². The van der Waals surface area contributed by atoms with Gasteiger partial charge in [-0.2, -0.15) is 0 Å². The van der Waals surface area contributed by atoms with Crippen LogP contribution in [0.1, 0.15) is 29.2 Å². The maximum absolute atomic E-state index is 12.5. The minimum atomic E-state index is -0.136. The van der Waals surface area contributed by atoms with E-state index in [2.05, 4.69) is 23.6 Å². The molecule has 132 valence electrons. The zero-order valence-electron chi connectivity index (χ0n) is 15.0. The smallest absolute Gasteiger partial charge is 0.222 e. The predicted octanol–water partition coefficient (Wildman–Crippen LogP) is 4.70. The van der Waals surface area contributed by atoms with Crippen LogP contribution < -0.4 is 10.6 Å². The zero-order valence-corrected chi connectivity index (χ0v) is 15.0. The summed E-state index contributed by atoms with van der Waals surface area (Å²) in [7, 11) is 0. The highest BCUT2D eigenvalue weighted by Crippen LogP contribution is 2.22. The first-order valence-electron chi connectivity index (χ1n) is 8.93. The molecule has 0 radical (unpaired) electrons. The number of rotatable bonds is 7. The van der Waals surface area contributed by atoms with Gasteiger partial charge in [0.25, 0.3) is 0 Å². The highest BCUT2D eigenvalue weighted by molar-refractivity contribution is 5.77. The van der Waals surface area contributed by atoms with Gasteiger partial charge in [0.15, 0.2) is 0 Å². The molecule has 3 aromatic rings. The summed E-state index contributed by atoms with van der Waals surface area (Å²) in [5.74, 6) is 0.0313. The van der Waals surface area contributed by atoms with E-state index in [0.717, 1.165) is 16.8 Å². The van der Waals surface area contributed by atoms with Gasteiger partial charge in [-0.1, -0.05) is 78.9 Å². The molecular weight excluding hydrogens is 320 g/mol. The largest absolute Gasteiger partial charge is 0.384 e. The van der Waals surface area contributed by atoms with Crippen molar-refractivity contribution in [3.63, 3.8) is 0 Å². The lowest BCUT2D eigenvalue weighted by Crippen LogP contribution is -2.30. The topological polar surface area (TPSA) is 41.1 Å². The Labute approximate surface area is 155 Å². The van der Waals surface area contributed by atoms with Gasteiger partial charge in [-0.15, -0.1) is 0 Å². The molecule has 0 unspecified atom stereocenters. The summed E-state index contributed by atoms with van der Waals surface area (Å²) in [6, 6.07) is 28.1. The third-order valence-electron chi connectivity index (χ3n) is 4.38. The highest BCUT2D eigenvalue weighted by atomic mass is 16.1. The molecule has 26 heavy (non-hydrogen) atoms. The summed E-state index contributed by atoms with van der Waals surface area (Å²) in [6.45, 7) is 2.66. The maximum atomic E-state index is 12.5. The van der Waals surface area contributed by atoms with Gasteiger partial charge in [0, 0.05) is 18.7 Å². The monoisotopic (exact) mass is 344 g/mol. The molecule has 0 heterocycles. The third-order valence-corrected chi connectivity index (χ3v) is 4.38. The normalized spacial score (nSPS) is 10.5. The van der Waals surface area contributed by atoms with Crippen molar-refractivity contribution in [2.45, 2.75) is 19.4 Å². The molecule has 0 fully saturated rings. The number of aryl methyl sites for hydroxylation is 1. The van der Waals surface area contributed by atoms with Gasteiger partial charge in [-0.05, 0) is 29.7 Å². The average molecular weight is 344 g/mol. The van der Waals surface area contributed by atoms with Crippen LogP contribution in [0.4, 0.5) is 5.69 Å². The van der Waals surface area contributed by atoms with Gasteiger partial charge >= 0.3 is 0 Å². The molecular formula is C23H24N2O. The molecule has 0 saturated carbocycles. The Hall–Kier alpha value is -3.07. The van der Waals surface area contributed by atoms with Crippen LogP contribution in [0.15, 0.2) is 84.9 Å². The molecule has 3 rings (SSSR count). The van der Waals surface area contributed by atoms with E-state index in [1.165, 1.54) is 5.56 Å². The van der Waals surface area contributed by atoms with E-state index in [1.807, 2.05) is 78.9 Å². The number of hydrogen-bond acceptors (Lipinski definition) is 2. The Balaban J connectivity index is 1.63. The second kappa shape index (κ2) is 8.86. The Morgan fingerprint density at radius 1 is 0.808 bits per heavy atom. The first-order chi connectivity index (χ1) is 12.7. The summed E-state index contributed by atoms with van der Waals surface area (Å²) in [4.78, 5) is 12.5. The van der Waals surface area contributed by atoms with Gasteiger partial charge in [-0.25, -0.2) is 0 Å². The Kier molecular flexibility index (Phi) is 6.05. The summed E-state index contributed by atoms with van der Waals surface area (Å²) < 4.78 is 0. The molecule has 0 saturated heterocycles. The van der Waals surface area contributed by atoms with Gasteiger partial charge in [-0.3, -0.25) is 4.79 Å². The van der Waals surface area contributed by atoms with E-state index in [1.54, 1.807) is 0 Å². The van der Waals surface area contributed by atoms with Crippen LogP contribution in [-0.4, -0.2) is 12.5 Å². The number of carbonyl (C=O) groups is 1. The van der Waals surface area contributed by atoms with Crippen molar-refractivity contribution in [3.05, 3.63) is 102 Å². The molecule has 3 aromatic carbocycles. The molecule has 3 nitrogen and oxygen atoms in total. The highest BCUT2D eigenvalue weighted by Gasteiger charge is 2.16. The predicted molar refractivity (Wildman–Crippen MR) is 107 cm³/mol. The van der Waals surface area contributed by atoms with Crippen LogP contribution in [0.5, 0.6) is 0 Å². The summed E-state index contributed by atoms with van der Waals surface area (Å²) >= 11 is 0. The Bertz CT molecular complexity index is 792. The quantitative estimate of drug-likeness (QED) is 0.652. The number of para-hydroxylation sites is 1. The number of carbonyl (C=O) groups excluding carboxylic acids is 1. The van der Waals surface area contributed by atoms with Crippen LogP contribution in [0.2, 0.25) is 0 Å². The van der Waals surface area contributed by atoms with Crippen molar-refractivity contribution < 1.29 is 4.79 Å². The molecule has 0 spiro atoms. The molecule has 0 aromatic heterocycles. The van der Waals surface area contributed by atoms with Crippen molar-refractivity contribution in [2.24, 2.45) is 0 Å². The van der Waals surface area contributed by atoms with Crippen LogP contribution in [0.25, 0.3) is 0 Å². The molecule has 0 bridgehead atoms. The van der Waals surface area contributed by atoms with E-state index < -0.39 is 0 Å². The maximum Gasteiger partial charge on any atom is 0.222 e. The van der Waals surface area contributed by atoms with Crippen LogP contribution in [0.3, 0.4) is 0 Å². The molecule has 3 heteroatoms. The SMILES string of the molecule is Cc1ccccc1NCCC(=O)NC(c1ccccc1)c1ccccc1. The van der Waals surface area contributed by atoms with Crippen LogP contribution in [-0.2, 0) is 4.79 Å². The number of hydrogen-bond donors (Lipinski definition) is 2. The van der Waals surface area contributed by atoms with Crippen LogP contribution in [0, 0.1) is 6.92 Å². The number of nitrogens with one attached hydrogen (secondary N) is 2. The van der Waals surface area contributed by atoms with Crippen molar-refractivity contribution in [3.8, 4) is 0 Å². The van der Waals surface area contributed by atoms with Crippen molar-refractivity contribution >= 4 is 11.6 Å². The van der Waals surface area contributed by atoms with Gasteiger partial charge in [0.2, 0.25) is 5.91 Å². The van der Waals surface area contributed by atoms with Gasteiger partial charge < -0.3 is 10.6 Å². The summed E-state index contributed by atoms with van der Waals surface area (Å²) in [5.41, 5.74) is 4.42. The first kappa shape index (κ1) is 17.7. The first-order valence-corrected chi connectivity index (χ1v) is 8.93. The van der Waals surface area contributed by atoms with Gasteiger partial charge in [0.05, 0.1) is 6.04 Å². The summed E-state index contributed by atoms with van der Waals surface area (Å²) in [6.07, 6.45) is 0.421. The van der Waals surface area contributed by atoms with Crippen molar-refractivity contribution in [1.82, 2.24) is 5.32 Å². The number of benzene rings is 3. The molecule has 0 aliphatic carbocycles. The fourth-order valence-electron chi connectivity index (χ4n) is 2.97. The minimum absolute atomic E-state index is 0.0313. The zero-order chi connectivity index (χ0) is 18.2. The Morgan fingerprint density at radius 3 is 1.92 bits per heavy atom. The molecule has 0 aliphatic rings. The number of anilines is 1. The van der Waals surface area contributed by atoms with E-state index in [9.17, 15) is 4.79 Å². The molecule has 1 amide bonds. The fraction of sp³-hybridized carbons (Fsp3) is 0.174. The molecule has 0 atom stereocenters. The molecule has 0 aliphatic heterocycles.